The van der Waals surface area contributed by atoms with Crippen LogP contribution in [0.15, 0.2) is 29.2 Å². The van der Waals surface area contributed by atoms with Gasteiger partial charge >= 0.3 is 5.97 Å². The van der Waals surface area contributed by atoms with E-state index in [9.17, 15) is 18.0 Å². The summed E-state index contributed by atoms with van der Waals surface area (Å²) in [5, 5.41) is 0. The third kappa shape index (κ3) is 3.91. The first-order valence-electron chi connectivity index (χ1n) is 8.92. The summed E-state index contributed by atoms with van der Waals surface area (Å²) < 4.78 is 32.2. The van der Waals surface area contributed by atoms with Crippen molar-refractivity contribution in [2.24, 2.45) is 0 Å². The predicted molar refractivity (Wildman–Crippen MR) is 94.9 cm³/mol. The number of amides is 1. The van der Waals surface area contributed by atoms with Gasteiger partial charge in [-0.15, -0.1) is 0 Å². The largest absolute Gasteiger partial charge is 0.463 e. The van der Waals surface area contributed by atoms with Crippen molar-refractivity contribution in [3.63, 3.8) is 0 Å². The second kappa shape index (κ2) is 7.75. The van der Waals surface area contributed by atoms with Gasteiger partial charge in [0.15, 0.2) is 0 Å². The number of benzene rings is 1. The van der Waals surface area contributed by atoms with Crippen molar-refractivity contribution in [2.75, 3.05) is 26.2 Å². The van der Waals surface area contributed by atoms with Gasteiger partial charge in [-0.25, -0.2) is 8.42 Å². The molecule has 26 heavy (non-hydrogen) atoms. The van der Waals surface area contributed by atoms with Crippen LogP contribution in [-0.4, -0.2) is 61.8 Å². The Balaban J connectivity index is 1.62. The molecular weight excluding hydrogens is 356 g/mol. The number of rotatable bonds is 6. The molecule has 8 heteroatoms. The van der Waals surface area contributed by atoms with E-state index in [2.05, 4.69) is 0 Å². The first-order valence-corrected chi connectivity index (χ1v) is 10.4. The minimum absolute atomic E-state index is 0.0745. The second-order valence-electron chi connectivity index (χ2n) is 6.74. The van der Waals surface area contributed by atoms with Crippen LogP contribution in [0.25, 0.3) is 0 Å². The molecule has 0 N–H and O–H groups in total. The van der Waals surface area contributed by atoms with Gasteiger partial charge in [0.05, 0.1) is 11.4 Å². The van der Waals surface area contributed by atoms with Gasteiger partial charge in [-0.1, -0.05) is 17.7 Å². The average Bonchev–Trinajstić information content (AvgIpc) is 3.25. The summed E-state index contributed by atoms with van der Waals surface area (Å²) in [5.74, 6) is -0.463. The highest BCUT2D eigenvalue weighted by Gasteiger charge is 2.40. The lowest BCUT2D eigenvalue weighted by Gasteiger charge is -2.23. The van der Waals surface area contributed by atoms with Gasteiger partial charge in [0.1, 0.15) is 12.6 Å². The molecule has 3 rings (SSSR count). The van der Waals surface area contributed by atoms with Crippen molar-refractivity contribution in [3.05, 3.63) is 29.8 Å². The molecule has 0 radical (unpaired) electrons. The quantitative estimate of drug-likeness (QED) is 0.695. The average molecular weight is 380 g/mol. The molecule has 7 nitrogen and oxygen atoms in total. The van der Waals surface area contributed by atoms with Crippen LogP contribution in [0.5, 0.6) is 0 Å². The predicted octanol–water partition coefficient (Wildman–Crippen LogP) is 1.31. The molecule has 2 saturated heterocycles. The molecule has 2 heterocycles. The van der Waals surface area contributed by atoms with Gasteiger partial charge in [0.2, 0.25) is 15.9 Å². The normalized spacial score (nSPS) is 21.3. The van der Waals surface area contributed by atoms with E-state index >= 15 is 0 Å². The molecule has 0 unspecified atom stereocenters. The van der Waals surface area contributed by atoms with Crippen LogP contribution >= 0.6 is 0 Å². The number of carbonyl (C=O) groups excluding carboxylic acids is 2. The summed E-state index contributed by atoms with van der Waals surface area (Å²) in [5.41, 5.74) is 0.970. The zero-order valence-electron chi connectivity index (χ0n) is 14.9. The molecule has 0 aliphatic carbocycles. The highest BCUT2D eigenvalue weighted by atomic mass is 32.2. The molecule has 1 atom stereocenters. The van der Waals surface area contributed by atoms with Crippen molar-refractivity contribution in [1.82, 2.24) is 9.21 Å². The summed E-state index contributed by atoms with van der Waals surface area (Å²) in [6, 6.07) is 5.80. The third-order valence-electron chi connectivity index (χ3n) is 4.88. The summed E-state index contributed by atoms with van der Waals surface area (Å²) in [6.07, 6.45) is 2.44. The number of ether oxygens (including phenoxy) is 1. The molecule has 1 aromatic carbocycles. The Bertz CT molecular complexity index is 775. The van der Waals surface area contributed by atoms with Crippen LogP contribution in [0.1, 0.15) is 31.2 Å². The minimum atomic E-state index is -3.73. The van der Waals surface area contributed by atoms with E-state index in [1.165, 1.54) is 4.31 Å². The molecule has 1 amide bonds. The smallest absolute Gasteiger partial charge is 0.324 e. The Kier molecular flexibility index (Phi) is 5.62. The maximum absolute atomic E-state index is 12.9. The van der Waals surface area contributed by atoms with E-state index in [-0.39, 0.29) is 17.4 Å². The molecule has 2 aliphatic rings. The maximum Gasteiger partial charge on any atom is 0.324 e. The molecule has 0 saturated carbocycles. The number of nitrogens with zero attached hydrogens (tertiary/aromatic N) is 2. The van der Waals surface area contributed by atoms with Crippen LogP contribution in [0.4, 0.5) is 0 Å². The lowest BCUT2D eigenvalue weighted by Crippen LogP contribution is -2.42. The third-order valence-corrected chi connectivity index (χ3v) is 6.80. The number of esters is 1. The van der Waals surface area contributed by atoms with E-state index in [0.29, 0.717) is 38.9 Å². The zero-order valence-corrected chi connectivity index (χ0v) is 15.7. The van der Waals surface area contributed by atoms with Crippen molar-refractivity contribution < 1.29 is 22.7 Å². The minimum Gasteiger partial charge on any atom is -0.463 e. The van der Waals surface area contributed by atoms with Gasteiger partial charge in [-0.2, -0.15) is 4.31 Å². The lowest BCUT2D eigenvalue weighted by molar-refractivity contribution is -0.148. The fourth-order valence-electron chi connectivity index (χ4n) is 3.40. The number of carbonyl (C=O) groups is 2. The Hall–Kier alpha value is -1.93. The van der Waals surface area contributed by atoms with E-state index in [1.54, 1.807) is 29.2 Å². The van der Waals surface area contributed by atoms with E-state index < -0.39 is 22.0 Å². The van der Waals surface area contributed by atoms with Crippen molar-refractivity contribution >= 4 is 21.9 Å². The molecule has 2 fully saturated rings. The van der Waals surface area contributed by atoms with Crippen molar-refractivity contribution in [1.29, 1.82) is 0 Å². The molecule has 0 bridgehead atoms. The summed E-state index contributed by atoms with van der Waals surface area (Å²) in [7, 11) is -3.73. The van der Waals surface area contributed by atoms with Crippen LogP contribution in [-0.2, 0) is 24.3 Å². The van der Waals surface area contributed by atoms with Crippen LogP contribution in [0.3, 0.4) is 0 Å². The van der Waals surface area contributed by atoms with E-state index in [0.717, 1.165) is 12.0 Å². The van der Waals surface area contributed by atoms with Gasteiger partial charge in [0, 0.05) is 19.5 Å². The number of likely N-dealkylation sites (tertiary alicyclic amines) is 1. The van der Waals surface area contributed by atoms with Crippen LogP contribution in [0, 0.1) is 6.92 Å². The lowest BCUT2D eigenvalue weighted by atomic mass is 10.2. The standard InChI is InChI=1S/C18H24N2O5S/c1-14-6-8-15(9-7-14)26(23,24)20-11-2-4-16(20)18(22)25-13-12-19-10-3-5-17(19)21/h6-9,16H,2-5,10-13H2,1H3/t16-/m0/s1. The first-order chi connectivity index (χ1) is 12.4. The maximum atomic E-state index is 12.9. The molecule has 142 valence electrons. The Morgan fingerprint density at radius 2 is 1.92 bits per heavy atom. The first kappa shape index (κ1) is 18.8. The Morgan fingerprint density at radius 3 is 2.58 bits per heavy atom. The highest BCUT2D eigenvalue weighted by molar-refractivity contribution is 7.89. The molecule has 0 spiro atoms. The van der Waals surface area contributed by atoms with E-state index in [1.807, 2.05) is 6.92 Å². The van der Waals surface area contributed by atoms with Gasteiger partial charge in [-0.05, 0) is 38.3 Å². The summed E-state index contributed by atoms with van der Waals surface area (Å²) >= 11 is 0. The molecular formula is C18H24N2O5S. The highest BCUT2D eigenvalue weighted by Crippen LogP contribution is 2.27. The number of hydrogen-bond acceptors (Lipinski definition) is 5. The van der Waals surface area contributed by atoms with Crippen molar-refractivity contribution in [3.8, 4) is 0 Å². The van der Waals surface area contributed by atoms with Crippen LogP contribution < -0.4 is 0 Å². The topological polar surface area (TPSA) is 84.0 Å². The van der Waals surface area contributed by atoms with Crippen molar-refractivity contribution in [2.45, 2.75) is 43.5 Å². The van der Waals surface area contributed by atoms with Gasteiger partial charge < -0.3 is 9.64 Å². The summed E-state index contributed by atoms with van der Waals surface area (Å²) in [6.45, 7) is 3.34. The number of sulfonamides is 1. The number of hydrogen-bond donors (Lipinski definition) is 0. The zero-order chi connectivity index (χ0) is 18.7. The second-order valence-corrected chi connectivity index (χ2v) is 8.63. The molecule has 0 aromatic heterocycles. The Labute approximate surface area is 154 Å². The van der Waals surface area contributed by atoms with Gasteiger partial charge in [-0.3, -0.25) is 9.59 Å². The SMILES string of the molecule is Cc1ccc(S(=O)(=O)N2CCC[C@H]2C(=O)OCCN2CCCC2=O)cc1. The monoisotopic (exact) mass is 380 g/mol. The molecule has 2 aliphatic heterocycles. The molecule has 1 aromatic rings. The fraction of sp³-hybridized carbons (Fsp3) is 0.556. The Morgan fingerprint density at radius 1 is 1.19 bits per heavy atom. The number of aryl methyl sites for hydroxylation is 1. The summed E-state index contributed by atoms with van der Waals surface area (Å²) in [4.78, 5) is 25.8. The van der Waals surface area contributed by atoms with E-state index in [4.69, 9.17) is 4.74 Å². The fourth-order valence-corrected chi connectivity index (χ4v) is 5.05. The van der Waals surface area contributed by atoms with Crippen LogP contribution in [0.2, 0.25) is 0 Å². The van der Waals surface area contributed by atoms with Gasteiger partial charge in [0.25, 0.3) is 0 Å².